The Morgan fingerprint density at radius 3 is 2.48 bits per heavy atom. The average Bonchev–Trinajstić information content (AvgIpc) is 3.09. The first-order valence-electron chi connectivity index (χ1n) is 9.16. The van der Waals surface area contributed by atoms with E-state index in [1.807, 2.05) is 0 Å². The monoisotopic (exact) mass is 474 g/mol. The van der Waals surface area contributed by atoms with Crippen LogP contribution in [0.1, 0.15) is 12.2 Å². The van der Waals surface area contributed by atoms with Gasteiger partial charge < -0.3 is 18.6 Å². The van der Waals surface area contributed by atoms with E-state index in [0.717, 1.165) is 4.31 Å². The smallest absolute Gasteiger partial charge is 0.321 e. The van der Waals surface area contributed by atoms with E-state index in [2.05, 4.69) is 4.72 Å². The molecule has 170 valence electrons. The summed E-state index contributed by atoms with van der Waals surface area (Å²) in [6.07, 6.45) is 0.680. The summed E-state index contributed by atoms with van der Waals surface area (Å²) in [4.78, 5) is 11.8. The van der Waals surface area contributed by atoms with Gasteiger partial charge in [0, 0.05) is 26.6 Å². The summed E-state index contributed by atoms with van der Waals surface area (Å²) in [5, 5.41) is -0.293. The van der Waals surface area contributed by atoms with Crippen LogP contribution in [0.4, 0.5) is 0 Å². The summed E-state index contributed by atoms with van der Waals surface area (Å²) in [6.45, 7) is -0.101. The normalized spacial score (nSPS) is 14.3. The minimum Gasteiger partial charge on any atom is -0.490 e. The van der Waals surface area contributed by atoms with Gasteiger partial charge in [0.1, 0.15) is 18.9 Å². The lowest BCUT2D eigenvalue weighted by molar-refractivity contribution is -0.144. The molecule has 2 aromatic rings. The molecule has 0 saturated heterocycles. The van der Waals surface area contributed by atoms with Gasteiger partial charge in [-0.15, -0.1) is 0 Å². The van der Waals surface area contributed by atoms with Crippen LogP contribution in [0.25, 0.3) is 0 Å². The number of esters is 1. The van der Waals surface area contributed by atoms with Gasteiger partial charge in [0.15, 0.2) is 11.5 Å². The standard InChI is InChI=1S/C18H22N2O9S2/c1-20(2)31(24,25)18-7-4-13(29-18)12-28-17(21)11-19-30(22,23)14-5-6-15-16(10-14)27-9-3-8-26-15/h4-7,10,19H,3,8-9,11-12H2,1-2H3. The van der Waals surface area contributed by atoms with Crippen molar-refractivity contribution in [2.24, 2.45) is 0 Å². The van der Waals surface area contributed by atoms with Crippen molar-refractivity contribution in [2.75, 3.05) is 33.9 Å². The Balaban J connectivity index is 1.56. The number of benzene rings is 1. The highest BCUT2D eigenvalue weighted by Gasteiger charge is 2.23. The average molecular weight is 475 g/mol. The number of nitrogens with one attached hydrogen (secondary N) is 1. The van der Waals surface area contributed by atoms with Gasteiger partial charge in [-0.3, -0.25) is 4.79 Å². The molecule has 0 radical (unpaired) electrons. The van der Waals surface area contributed by atoms with Crippen molar-refractivity contribution in [1.29, 1.82) is 0 Å². The van der Waals surface area contributed by atoms with Gasteiger partial charge in [-0.05, 0) is 24.3 Å². The molecule has 0 fully saturated rings. The minimum atomic E-state index is -4.00. The fraction of sp³-hybridized carbons (Fsp3) is 0.389. The molecule has 0 bridgehead atoms. The second-order valence-electron chi connectivity index (χ2n) is 6.65. The van der Waals surface area contributed by atoms with Crippen LogP contribution in [0.2, 0.25) is 0 Å². The summed E-state index contributed by atoms with van der Waals surface area (Å²) in [5.41, 5.74) is 0. The van der Waals surface area contributed by atoms with Crippen LogP contribution in [-0.2, 0) is 36.2 Å². The fourth-order valence-electron chi connectivity index (χ4n) is 2.51. The lowest BCUT2D eigenvalue weighted by atomic mass is 10.3. The van der Waals surface area contributed by atoms with E-state index < -0.39 is 32.6 Å². The van der Waals surface area contributed by atoms with E-state index in [1.165, 1.54) is 44.4 Å². The van der Waals surface area contributed by atoms with Crippen molar-refractivity contribution in [2.45, 2.75) is 23.0 Å². The van der Waals surface area contributed by atoms with Gasteiger partial charge in [0.25, 0.3) is 10.0 Å². The van der Waals surface area contributed by atoms with Gasteiger partial charge in [-0.1, -0.05) is 0 Å². The molecule has 3 rings (SSSR count). The van der Waals surface area contributed by atoms with Crippen LogP contribution in [0.3, 0.4) is 0 Å². The van der Waals surface area contributed by atoms with Gasteiger partial charge in [-0.2, -0.15) is 4.72 Å². The number of furan rings is 1. The second kappa shape index (κ2) is 9.26. The SMILES string of the molecule is CN(C)S(=O)(=O)c1ccc(COC(=O)CNS(=O)(=O)c2ccc3c(c2)OCCCO3)o1. The molecule has 2 heterocycles. The third-order valence-corrected chi connectivity index (χ3v) is 7.27. The number of hydrogen-bond donors (Lipinski definition) is 1. The molecule has 1 aliphatic rings. The zero-order valence-corrected chi connectivity index (χ0v) is 18.5. The number of fused-ring (bicyclic) bond motifs is 1. The van der Waals surface area contributed by atoms with E-state index in [1.54, 1.807) is 0 Å². The lowest BCUT2D eigenvalue weighted by Crippen LogP contribution is -2.30. The molecule has 1 aromatic heterocycles. The number of nitrogens with zero attached hydrogens (tertiary/aromatic N) is 1. The summed E-state index contributed by atoms with van der Waals surface area (Å²) < 4.78 is 73.0. The Hall–Kier alpha value is -2.61. The second-order valence-corrected chi connectivity index (χ2v) is 10.5. The van der Waals surface area contributed by atoms with Gasteiger partial charge in [-0.25, -0.2) is 21.1 Å². The molecular formula is C18H22N2O9S2. The Bertz CT molecular complexity index is 1150. The van der Waals surface area contributed by atoms with Crippen LogP contribution in [-0.4, -0.2) is 61.0 Å². The molecule has 31 heavy (non-hydrogen) atoms. The quantitative estimate of drug-likeness (QED) is 0.548. The van der Waals surface area contributed by atoms with Gasteiger partial charge >= 0.3 is 5.97 Å². The summed E-state index contributed by atoms with van der Waals surface area (Å²) in [7, 11) is -5.04. The molecule has 1 aliphatic heterocycles. The Morgan fingerprint density at radius 2 is 1.77 bits per heavy atom. The van der Waals surface area contributed by atoms with Crippen LogP contribution < -0.4 is 14.2 Å². The van der Waals surface area contributed by atoms with E-state index in [0.29, 0.717) is 31.1 Å². The molecule has 1 N–H and O–H groups in total. The maximum Gasteiger partial charge on any atom is 0.321 e. The highest BCUT2D eigenvalue weighted by Crippen LogP contribution is 2.31. The van der Waals surface area contributed by atoms with Gasteiger partial charge in [0.05, 0.1) is 18.1 Å². The number of hydrogen-bond acceptors (Lipinski definition) is 9. The molecule has 0 spiro atoms. The Labute approximate surface area is 180 Å². The maximum atomic E-state index is 12.5. The number of rotatable bonds is 8. The molecular weight excluding hydrogens is 452 g/mol. The fourth-order valence-corrected chi connectivity index (χ4v) is 4.30. The molecule has 13 heteroatoms. The van der Waals surface area contributed by atoms with E-state index in [4.69, 9.17) is 18.6 Å². The minimum absolute atomic E-state index is 0.0888. The van der Waals surface area contributed by atoms with Crippen LogP contribution in [0.5, 0.6) is 11.5 Å². The molecule has 0 aliphatic carbocycles. The van der Waals surface area contributed by atoms with Crippen molar-refractivity contribution in [3.8, 4) is 11.5 Å². The molecule has 0 saturated carbocycles. The highest BCUT2D eigenvalue weighted by atomic mass is 32.2. The first kappa shape index (κ1) is 23.1. The molecule has 11 nitrogen and oxygen atoms in total. The molecule has 0 atom stereocenters. The molecule has 1 aromatic carbocycles. The lowest BCUT2D eigenvalue weighted by Gasteiger charge is -2.10. The number of ether oxygens (including phenoxy) is 3. The Morgan fingerprint density at radius 1 is 1.06 bits per heavy atom. The first-order valence-corrected chi connectivity index (χ1v) is 12.1. The van der Waals surface area contributed by atoms with Crippen LogP contribution >= 0.6 is 0 Å². The summed E-state index contributed by atoms with van der Waals surface area (Å²) >= 11 is 0. The van der Waals surface area contributed by atoms with E-state index in [9.17, 15) is 21.6 Å². The summed E-state index contributed by atoms with van der Waals surface area (Å²) in [6, 6.07) is 6.75. The highest BCUT2D eigenvalue weighted by molar-refractivity contribution is 7.89. The van der Waals surface area contributed by atoms with Crippen molar-refractivity contribution in [1.82, 2.24) is 9.03 Å². The predicted octanol–water partition coefficient (Wildman–Crippen LogP) is 0.713. The zero-order chi connectivity index (χ0) is 22.6. The molecule has 0 unspecified atom stereocenters. The van der Waals surface area contributed by atoms with Crippen molar-refractivity contribution < 1.29 is 40.3 Å². The van der Waals surface area contributed by atoms with Crippen LogP contribution in [0.15, 0.2) is 44.7 Å². The predicted molar refractivity (Wildman–Crippen MR) is 107 cm³/mol. The number of sulfonamides is 2. The topological polar surface area (TPSA) is 141 Å². The van der Waals surface area contributed by atoms with Crippen molar-refractivity contribution in [3.63, 3.8) is 0 Å². The largest absolute Gasteiger partial charge is 0.490 e. The third-order valence-electron chi connectivity index (χ3n) is 4.18. The van der Waals surface area contributed by atoms with Crippen LogP contribution in [0, 0.1) is 0 Å². The van der Waals surface area contributed by atoms with E-state index in [-0.39, 0.29) is 22.4 Å². The zero-order valence-electron chi connectivity index (χ0n) is 16.9. The summed E-state index contributed by atoms with van der Waals surface area (Å²) in [5.74, 6) is -0.0138. The van der Waals surface area contributed by atoms with Gasteiger partial charge in [0.2, 0.25) is 15.1 Å². The van der Waals surface area contributed by atoms with Crippen molar-refractivity contribution >= 4 is 26.0 Å². The number of carbonyl (C=O) groups excluding carboxylic acids is 1. The van der Waals surface area contributed by atoms with Crippen molar-refractivity contribution in [3.05, 3.63) is 36.1 Å². The number of carbonyl (C=O) groups is 1. The van der Waals surface area contributed by atoms with E-state index >= 15 is 0 Å². The molecule has 0 amide bonds. The Kier molecular flexibility index (Phi) is 6.89. The third kappa shape index (κ3) is 5.55. The first-order chi connectivity index (χ1) is 14.6. The maximum absolute atomic E-state index is 12.5.